The number of ether oxygens (including phenoxy) is 2. The number of sulfonamides is 1. The molecule has 1 N–H and O–H groups in total. The van der Waals surface area contributed by atoms with E-state index in [0.717, 1.165) is 9.87 Å². The molecule has 0 heterocycles. The van der Waals surface area contributed by atoms with E-state index in [4.69, 9.17) is 4.74 Å². The molecule has 8 nitrogen and oxygen atoms in total. The van der Waals surface area contributed by atoms with Crippen molar-refractivity contribution >= 4 is 33.3 Å². The van der Waals surface area contributed by atoms with Gasteiger partial charge in [-0.05, 0) is 67.6 Å². The monoisotopic (exact) mass is 468 g/mol. The highest BCUT2D eigenvalue weighted by Crippen LogP contribution is 2.26. The van der Waals surface area contributed by atoms with Gasteiger partial charge in [0.1, 0.15) is 12.3 Å². The second-order valence-corrected chi connectivity index (χ2v) is 9.00. The normalized spacial score (nSPS) is 10.9. The quantitative estimate of drug-likeness (QED) is 0.507. The van der Waals surface area contributed by atoms with Crippen LogP contribution in [0.3, 0.4) is 0 Å². The number of benzene rings is 3. The first-order chi connectivity index (χ1) is 15.7. The van der Waals surface area contributed by atoms with E-state index in [1.54, 1.807) is 36.4 Å². The van der Waals surface area contributed by atoms with Gasteiger partial charge in [0.15, 0.2) is 0 Å². The van der Waals surface area contributed by atoms with Crippen LogP contribution in [0.1, 0.15) is 15.9 Å². The Hall–Kier alpha value is -3.85. The number of esters is 1. The van der Waals surface area contributed by atoms with Crippen LogP contribution in [0.4, 0.5) is 11.4 Å². The Kier molecular flexibility index (Phi) is 7.34. The van der Waals surface area contributed by atoms with Crippen LogP contribution in [0, 0.1) is 6.92 Å². The maximum Gasteiger partial charge on any atom is 0.337 e. The number of nitrogens with zero attached hydrogens (tertiary/aromatic N) is 1. The molecule has 0 aromatic heterocycles. The van der Waals surface area contributed by atoms with Crippen molar-refractivity contribution in [3.8, 4) is 5.75 Å². The van der Waals surface area contributed by atoms with Gasteiger partial charge in [0.05, 0.1) is 30.4 Å². The number of methoxy groups -OCH3 is 2. The Morgan fingerprint density at radius 1 is 0.879 bits per heavy atom. The molecule has 3 aromatic rings. The summed E-state index contributed by atoms with van der Waals surface area (Å²) in [6, 6.07) is 18.9. The zero-order valence-electron chi connectivity index (χ0n) is 18.4. The molecule has 0 bridgehead atoms. The van der Waals surface area contributed by atoms with Crippen LogP contribution in [0.5, 0.6) is 5.75 Å². The van der Waals surface area contributed by atoms with Crippen molar-refractivity contribution in [3.63, 3.8) is 0 Å². The van der Waals surface area contributed by atoms with Gasteiger partial charge >= 0.3 is 5.97 Å². The zero-order valence-corrected chi connectivity index (χ0v) is 19.3. The lowest BCUT2D eigenvalue weighted by Gasteiger charge is -2.24. The first-order valence-electron chi connectivity index (χ1n) is 9.96. The molecule has 3 aromatic carbocycles. The molecule has 0 saturated heterocycles. The highest BCUT2D eigenvalue weighted by molar-refractivity contribution is 7.92. The zero-order chi connectivity index (χ0) is 24.0. The maximum absolute atomic E-state index is 13.4. The highest BCUT2D eigenvalue weighted by Gasteiger charge is 2.27. The van der Waals surface area contributed by atoms with E-state index in [-0.39, 0.29) is 4.90 Å². The topological polar surface area (TPSA) is 102 Å². The fourth-order valence-electron chi connectivity index (χ4n) is 3.04. The fourth-order valence-corrected chi connectivity index (χ4v) is 4.46. The first kappa shape index (κ1) is 23.8. The maximum atomic E-state index is 13.4. The van der Waals surface area contributed by atoms with Crippen LogP contribution in [-0.4, -0.2) is 41.1 Å². The van der Waals surface area contributed by atoms with Gasteiger partial charge in [-0.15, -0.1) is 0 Å². The number of hydrogen-bond acceptors (Lipinski definition) is 6. The predicted octanol–water partition coefficient (Wildman–Crippen LogP) is 3.62. The van der Waals surface area contributed by atoms with E-state index in [1.165, 1.54) is 50.6 Å². The number of carbonyl (C=O) groups is 2. The van der Waals surface area contributed by atoms with Crippen LogP contribution in [0.15, 0.2) is 77.7 Å². The van der Waals surface area contributed by atoms with Crippen molar-refractivity contribution in [1.82, 2.24) is 0 Å². The molecule has 0 unspecified atom stereocenters. The molecule has 0 radical (unpaired) electrons. The van der Waals surface area contributed by atoms with Gasteiger partial charge < -0.3 is 14.8 Å². The Balaban J connectivity index is 1.88. The highest BCUT2D eigenvalue weighted by atomic mass is 32.2. The molecule has 172 valence electrons. The number of nitrogens with one attached hydrogen (secondary N) is 1. The third kappa shape index (κ3) is 5.69. The van der Waals surface area contributed by atoms with Crippen molar-refractivity contribution in [1.29, 1.82) is 0 Å². The fraction of sp³-hybridized carbons (Fsp3) is 0.167. The summed E-state index contributed by atoms with van der Waals surface area (Å²) in [5, 5.41) is 2.66. The molecule has 0 saturated carbocycles. The number of hydrogen-bond donors (Lipinski definition) is 1. The Bertz CT molecular complexity index is 1220. The van der Waals surface area contributed by atoms with E-state index < -0.39 is 28.4 Å². The van der Waals surface area contributed by atoms with Crippen LogP contribution >= 0.6 is 0 Å². The van der Waals surface area contributed by atoms with Crippen LogP contribution in [0.2, 0.25) is 0 Å². The van der Waals surface area contributed by atoms with Gasteiger partial charge in [-0.1, -0.05) is 17.7 Å². The summed E-state index contributed by atoms with van der Waals surface area (Å²) in [5.41, 5.74) is 1.97. The minimum atomic E-state index is -4.03. The molecule has 0 aliphatic heterocycles. The Morgan fingerprint density at radius 3 is 2.03 bits per heavy atom. The third-order valence-electron chi connectivity index (χ3n) is 4.85. The summed E-state index contributed by atoms with van der Waals surface area (Å²) in [4.78, 5) is 24.4. The van der Waals surface area contributed by atoms with Gasteiger partial charge in [-0.2, -0.15) is 0 Å². The molecule has 3 rings (SSSR count). The minimum Gasteiger partial charge on any atom is -0.497 e. The minimum absolute atomic E-state index is 0.0687. The van der Waals surface area contributed by atoms with Crippen molar-refractivity contribution < 1.29 is 27.5 Å². The average molecular weight is 469 g/mol. The molecule has 1 amide bonds. The Morgan fingerprint density at radius 2 is 1.48 bits per heavy atom. The number of amides is 1. The first-order valence-corrected chi connectivity index (χ1v) is 11.4. The van der Waals surface area contributed by atoms with Crippen molar-refractivity contribution in [3.05, 3.63) is 83.9 Å². The van der Waals surface area contributed by atoms with Crippen molar-refractivity contribution in [2.75, 3.05) is 30.4 Å². The van der Waals surface area contributed by atoms with Gasteiger partial charge in [0, 0.05) is 5.69 Å². The van der Waals surface area contributed by atoms with Gasteiger partial charge in [-0.25, -0.2) is 13.2 Å². The SMILES string of the molecule is COC(=O)c1ccc(NC(=O)CN(c2ccc(OC)cc2)S(=O)(=O)c2ccc(C)cc2)cc1. The number of carbonyl (C=O) groups excluding carboxylic acids is 2. The van der Waals surface area contributed by atoms with Gasteiger partial charge in [0.25, 0.3) is 10.0 Å². The lowest BCUT2D eigenvalue weighted by molar-refractivity contribution is -0.114. The van der Waals surface area contributed by atoms with E-state index in [1.807, 2.05) is 6.92 Å². The second kappa shape index (κ2) is 10.2. The summed E-state index contributed by atoms with van der Waals surface area (Å²) in [7, 11) is -1.24. The number of anilines is 2. The van der Waals surface area contributed by atoms with Crippen molar-refractivity contribution in [2.24, 2.45) is 0 Å². The van der Waals surface area contributed by atoms with Gasteiger partial charge in [-0.3, -0.25) is 9.10 Å². The van der Waals surface area contributed by atoms with E-state index in [0.29, 0.717) is 22.7 Å². The van der Waals surface area contributed by atoms with Crippen LogP contribution in [-0.2, 0) is 19.6 Å². The molecular formula is C24H24N2O6S. The molecule has 0 fully saturated rings. The molecule has 0 aliphatic carbocycles. The molecule has 0 atom stereocenters. The van der Waals surface area contributed by atoms with Crippen LogP contribution in [0.25, 0.3) is 0 Å². The van der Waals surface area contributed by atoms with Crippen LogP contribution < -0.4 is 14.4 Å². The van der Waals surface area contributed by atoms with E-state index >= 15 is 0 Å². The number of aryl methyl sites for hydroxylation is 1. The second-order valence-electron chi connectivity index (χ2n) is 7.14. The smallest absolute Gasteiger partial charge is 0.337 e. The molecule has 0 spiro atoms. The summed E-state index contributed by atoms with van der Waals surface area (Å²) >= 11 is 0. The third-order valence-corrected chi connectivity index (χ3v) is 6.63. The largest absolute Gasteiger partial charge is 0.497 e. The molecule has 9 heteroatoms. The standard InChI is InChI=1S/C24H24N2O6S/c1-17-4-14-22(15-5-17)33(29,30)26(20-10-12-21(31-2)13-11-20)16-23(27)25-19-8-6-18(7-9-19)24(28)32-3/h4-15H,16H2,1-3H3,(H,25,27). The lowest BCUT2D eigenvalue weighted by atomic mass is 10.2. The average Bonchev–Trinajstić information content (AvgIpc) is 2.83. The van der Waals surface area contributed by atoms with E-state index in [2.05, 4.69) is 10.1 Å². The predicted molar refractivity (Wildman–Crippen MR) is 125 cm³/mol. The lowest BCUT2D eigenvalue weighted by Crippen LogP contribution is -2.38. The molecular weight excluding hydrogens is 444 g/mol. The van der Waals surface area contributed by atoms with Gasteiger partial charge in [0.2, 0.25) is 5.91 Å². The molecule has 33 heavy (non-hydrogen) atoms. The number of rotatable bonds is 8. The molecule has 0 aliphatic rings. The summed E-state index contributed by atoms with van der Waals surface area (Å²) in [6.07, 6.45) is 0. The van der Waals surface area contributed by atoms with Crippen molar-refractivity contribution in [2.45, 2.75) is 11.8 Å². The summed E-state index contributed by atoms with van der Waals surface area (Å²) in [5.74, 6) is -0.489. The van der Waals surface area contributed by atoms with E-state index in [9.17, 15) is 18.0 Å². The Labute approximate surface area is 192 Å². The summed E-state index contributed by atoms with van der Waals surface area (Å²) in [6.45, 7) is 1.40. The summed E-state index contributed by atoms with van der Waals surface area (Å²) < 4.78 is 37.6.